The summed E-state index contributed by atoms with van der Waals surface area (Å²) in [6, 6.07) is 6.10. The summed E-state index contributed by atoms with van der Waals surface area (Å²) >= 11 is 5.93. The second kappa shape index (κ2) is 6.04. The number of hydrogen-bond acceptors (Lipinski definition) is 2. The second-order valence-corrected chi connectivity index (χ2v) is 5.96. The zero-order valence-corrected chi connectivity index (χ0v) is 12.7. The standard InChI is InChI=1S/C16H21ClN2O/c1-20-13-6-7-14-15(10-13)19(16(18-14)8-9-17)11-12-4-2-3-5-12/h6-7,10,12H,2-5,8-9,11H2,1H3. The lowest BCUT2D eigenvalue weighted by Gasteiger charge is -2.14. The third-order valence-electron chi connectivity index (χ3n) is 4.27. The van der Waals surface area contributed by atoms with Gasteiger partial charge in [0.1, 0.15) is 11.6 Å². The van der Waals surface area contributed by atoms with Crippen LogP contribution in [0.4, 0.5) is 0 Å². The summed E-state index contributed by atoms with van der Waals surface area (Å²) in [5, 5.41) is 0. The highest BCUT2D eigenvalue weighted by atomic mass is 35.5. The van der Waals surface area contributed by atoms with Gasteiger partial charge in [-0.2, -0.15) is 0 Å². The topological polar surface area (TPSA) is 27.1 Å². The Morgan fingerprint density at radius 2 is 2.15 bits per heavy atom. The molecule has 0 aliphatic heterocycles. The number of ether oxygens (including phenoxy) is 1. The van der Waals surface area contributed by atoms with Crippen LogP contribution in [0.15, 0.2) is 18.2 Å². The van der Waals surface area contributed by atoms with E-state index in [-0.39, 0.29) is 0 Å². The lowest BCUT2D eigenvalue weighted by Crippen LogP contribution is -2.11. The number of hydrogen-bond donors (Lipinski definition) is 0. The third kappa shape index (κ3) is 2.64. The number of fused-ring (bicyclic) bond motifs is 1. The molecule has 1 aliphatic rings. The van der Waals surface area contributed by atoms with Gasteiger partial charge in [-0.15, -0.1) is 11.6 Å². The first kappa shape index (κ1) is 13.7. The monoisotopic (exact) mass is 292 g/mol. The summed E-state index contributed by atoms with van der Waals surface area (Å²) in [7, 11) is 1.71. The Balaban J connectivity index is 2.01. The second-order valence-electron chi connectivity index (χ2n) is 5.58. The van der Waals surface area contributed by atoms with Crippen molar-refractivity contribution >= 4 is 22.6 Å². The van der Waals surface area contributed by atoms with Crippen molar-refractivity contribution in [2.45, 2.75) is 38.6 Å². The number of alkyl halides is 1. The quantitative estimate of drug-likeness (QED) is 0.778. The van der Waals surface area contributed by atoms with Crippen LogP contribution < -0.4 is 4.74 Å². The average Bonchev–Trinajstić information content (AvgIpc) is 3.08. The molecule has 0 bridgehead atoms. The van der Waals surface area contributed by atoms with Gasteiger partial charge in [0.2, 0.25) is 0 Å². The normalized spacial score (nSPS) is 16.1. The molecule has 3 rings (SSSR count). The van der Waals surface area contributed by atoms with Gasteiger partial charge in [-0.25, -0.2) is 4.98 Å². The number of aryl methyl sites for hydroxylation is 1. The fourth-order valence-electron chi connectivity index (χ4n) is 3.21. The van der Waals surface area contributed by atoms with Crippen LogP contribution >= 0.6 is 11.6 Å². The Morgan fingerprint density at radius 1 is 1.35 bits per heavy atom. The van der Waals surface area contributed by atoms with E-state index in [1.807, 2.05) is 12.1 Å². The van der Waals surface area contributed by atoms with Gasteiger partial charge in [-0.3, -0.25) is 0 Å². The summed E-state index contributed by atoms with van der Waals surface area (Å²) in [5.41, 5.74) is 2.22. The highest BCUT2D eigenvalue weighted by Gasteiger charge is 2.19. The number of benzene rings is 1. The van der Waals surface area contributed by atoms with Crippen LogP contribution in [0, 0.1) is 5.92 Å². The molecule has 1 aromatic carbocycles. The molecule has 108 valence electrons. The van der Waals surface area contributed by atoms with Crippen molar-refractivity contribution in [3.63, 3.8) is 0 Å². The minimum absolute atomic E-state index is 0.616. The van der Waals surface area contributed by atoms with E-state index in [1.165, 1.54) is 31.2 Å². The van der Waals surface area contributed by atoms with Crippen molar-refractivity contribution in [3.8, 4) is 5.75 Å². The molecular weight excluding hydrogens is 272 g/mol. The van der Waals surface area contributed by atoms with Gasteiger partial charge in [0.15, 0.2) is 0 Å². The van der Waals surface area contributed by atoms with Gasteiger partial charge in [0, 0.05) is 24.9 Å². The van der Waals surface area contributed by atoms with Crippen molar-refractivity contribution in [1.82, 2.24) is 9.55 Å². The van der Waals surface area contributed by atoms with E-state index in [2.05, 4.69) is 10.6 Å². The Kier molecular flexibility index (Phi) is 4.16. The molecule has 1 heterocycles. The van der Waals surface area contributed by atoms with Crippen molar-refractivity contribution in [2.24, 2.45) is 5.92 Å². The Morgan fingerprint density at radius 3 is 2.85 bits per heavy atom. The maximum Gasteiger partial charge on any atom is 0.121 e. The molecule has 3 nitrogen and oxygen atoms in total. The van der Waals surface area contributed by atoms with Crippen LogP contribution in [0.1, 0.15) is 31.5 Å². The molecular formula is C16H21ClN2O. The van der Waals surface area contributed by atoms with Crippen LogP contribution in [0.3, 0.4) is 0 Å². The number of rotatable bonds is 5. The van der Waals surface area contributed by atoms with Crippen molar-refractivity contribution in [3.05, 3.63) is 24.0 Å². The molecule has 1 fully saturated rings. The molecule has 4 heteroatoms. The summed E-state index contributed by atoms with van der Waals surface area (Å²) in [4.78, 5) is 4.74. The minimum atomic E-state index is 0.616. The zero-order valence-electron chi connectivity index (χ0n) is 11.9. The molecule has 0 radical (unpaired) electrons. The Labute approximate surface area is 124 Å². The average molecular weight is 293 g/mol. The summed E-state index contributed by atoms with van der Waals surface area (Å²) in [5.74, 6) is 3.40. The molecule has 0 unspecified atom stereocenters. The number of imidazole rings is 1. The third-order valence-corrected chi connectivity index (χ3v) is 4.46. The maximum atomic E-state index is 5.93. The number of halogens is 1. The maximum absolute atomic E-state index is 5.93. The summed E-state index contributed by atoms with van der Waals surface area (Å²) in [6.45, 7) is 1.07. The minimum Gasteiger partial charge on any atom is -0.497 e. The lowest BCUT2D eigenvalue weighted by molar-refractivity contribution is 0.414. The predicted molar refractivity (Wildman–Crippen MR) is 82.7 cm³/mol. The summed E-state index contributed by atoms with van der Waals surface area (Å²) in [6.07, 6.45) is 6.23. The number of aromatic nitrogens is 2. The van der Waals surface area contributed by atoms with E-state index < -0.39 is 0 Å². The fraction of sp³-hybridized carbons (Fsp3) is 0.562. The molecule has 0 amide bonds. The highest BCUT2D eigenvalue weighted by Crippen LogP contribution is 2.29. The molecule has 0 spiro atoms. The zero-order chi connectivity index (χ0) is 13.9. The molecule has 2 aromatic rings. The van der Waals surface area contributed by atoms with Gasteiger partial charge in [0.05, 0.1) is 18.1 Å². The van der Waals surface area contributed by atoms with Crippen molar-refractivity contribution < 1.29 is 4.74 Å². The molecule has 0 atom stereocenters. The van der Waals surface area contributed by atoms with Gasteiger partial charge >= 0.3 is 0 Å². The molecule has 0 N–H and O–H groups in total. The predicted octanol–water partition coefficient (Wildman–Crippen LogP) is 4.02. The summed E-state index contributed by atoms with van der Waals surface area (Å²) < 4.78 is 7.71. The van der Waals surface area contributed by atoms with Gasteiger partial charge < -0.3 is 9.30 Å². The van der Waals surface area contributed by atoms with Crippen LogP contribution in [-0.4, -0.2) is 22.5 Å². The van der Waals surface area contributed by atoms with E-state index in [9.17, 15) is 0 Å². The molecule has 20 heavy (non-hydrogen) atoms. The van der Waals surface area contributed by atoms with Gasteiger partial charge in [0.25, 0.3) is 0 Å². The van der Waals surface area contributed by atoms with E-state index in [0.717, 1.165) is 36.0 Å². The van der Waals surface area contributed by atoms with Crippen molar-refractivity contribution in [2.75, 3.05) is 13.0 Å². The number of nitrogens with zero attached hydrogens (tertiary/aromatic N) is 2. The first-order valence-corrected chi connectivity index (χ1v) is 7.94. The Bertz CT molecular complexity index is 587. The molecule has 1 aliphatic carbocycles. The van der Waals surface area contributed by atoms with E-state index in [0.29, 0.717) is 5.88 Å². The van der Waals surface area contributed by atoms with E-state index in [1.54, 1.807) is 7.11 Å². The van der Waals surface area contributed by atoms with Crippen LogP contribution in [0.25, 0.3) is 11.0 Å². The number of methoxy groups -OCH3 is 1. The highest BCUT2D eigenvalue weighted by molar-refractivity contribution is 6.17. The lowest BCUT2D eigenvalue weighted by atomic mass is 10.1. The Hall–Kier alpha value is -1.22. The molecule has 1 saturated carbocycles. The molecule has 1 aromatic heterocycles. The first-order valence-electron chi connectivity index (χ1n) is 7.41. The van der Waals surface area contributed by atoms with Crippen LogP contribution in [0.5, 0.6) is 5.75 Å². The van der Waals surface area contributed by atoms with Gasteiger partial charge in [-0.1, -0.05) is 12.8 Å². The van der Waals surface area contributed by atoms with E-state index in [4.69, 9.17) is 21.3 Å². The van der Waals surface area contributed by atoms with Crippen molar-refractivity contribution in [1.29, 1.82) is 0 Å². The van der Waals surface area contributed by atoms with Crippen LogP contribution in [-0.2, 0) is 13.0 Å². The fourth-order valence-corrected chi connectivity index (χ4v) is 3.38. The van der Waals surface area contributed by atoms with E-state index >= 15 is 0 Å². The SMILES string of the molecule is COc1ccc2nc(CCCl)n(CC3CCCC3)c2c1. The molecule has 0 saturated heterocycles. The largest absolute Gasteiger partial charge is 0.497 e. The first-order chi connectivity index (χ1) is 9.81. The van der Waals surface area contributed by atoms with Crippen LogP contribution in [0.2, 0.25) is 0 Å². The van der Waals surface area contributed by atoms with Gasteiger partial charge in [-0.05, 0) is 30.9 Å². The smallest absolute Gasteiger partial charge is 0.121 e.